The predicted molar refractivity (Wildman–Crippen MR) is 102 cm³/mol. The highest BCUT2D eigenvalue weighted by Gasteiger charge is 2.41. The predicted octanol–water partition coefficient (Wildman–Crippen LogP) is 2.19. The normalized spacial score (nSPS) is 21.7. The van der Waals surface area contributed by atoms with E-state index in [0.29, 0.717) is 24.8 Å². The molecule has 2 saturated heterocycles. The number of nitrogens with one attached hydrogen (secondary N) is 2. The van der Waals surface area contributed by atoms with Gasteiger partial charge in [-0.1, -0.05) is 13.0 Å². The lowest BCUT2D eigenvalue weighted by Gasteiger charge is -2.46. The number of ether oxygens (including phenoxy) is 1. The highest BCUT2D eigenvalue weighted by Crippen LogP contribution is 2.37. The Labute approximate surface area is 160 Å². The van der Waals surface area contributed by atoms with Crippen LogP contribution in [0.15, 0.2) is 24.4 Å². The summed E-state index contributed by atoms with van der Waals surface area (Å²) >= 11 is 0. The Morgan fingerprint density at radius 2 is 2.11 bits per heavy atom. The number of carbonyl (C=O) groups excluding carboxylic acids is 2. The zero-order chi connectivity index (χ0) is 19.1. The number of nitrogens with zero attached hydrogens (tertiary/aromatic N) is 2. The van der Waals surface area contributed by atoms with Crippen molar-refractivity contribution in [2.24, 2.45) is 5.92 Å². The van der Waals surface area contributed by atoms with Crippen molar-refractivity contribution in [2.75, 3.05) is 32.8 Å². The van der Waals surface area contributed by atoms with E-state index in [4.69, 9.17) is 4.74 Å². The Kier molecular flexibility index (Phi) is 6.66. The Morgan fingerprint density at radius 3 is 2.81 bits per heavy atom. The summed E-state index contributed by atoms with van der Waals surface area (Å²) in [5.74, 6) is 0.269. The van der Waals surface area contributed by atoms with Crippen LogP contribution in [0.5, 0.6) is 0 Å². The standard InChI is InChI=1S/C20H30N4O3/c1-2-9-22-19(26)24-11-7-20(8-12-24)14-16(6-13-27-20)15-23-18(25)17-5-3-4-10-21-17/h3-5,10,16H,2,6-9,11-15H2,1H3,(H,22,26)(H,23,25). The van der Waals surface area contributed by atoms with Crippen LogP contribution >= 0.6 is 0 Å². The second kappa shape index (κ2) is 9.17. The molecule has 2 fully saturated rings. The molecule has 27 heavy (non-hydrogen) atoms. The quantitative estimate of drug-likeness (QED) is 0.828. The van der Waals surface area contributed by atoms with E-state index in [-0.39, 0.29) is 17.5 Å². The summed E-state index contributed by atoms with van der Waals surface area (Å²) in [5.41, 5.74) is 0.297. The monoisotopic (exact) mass is 374 g/mol. The van der Waals surface area contributed by atoms with Gasteiger partial charge in [-0.3, -0.25) is 9.78 Å². The van der Waals surface area contributed by atoms with E-state index in [1.54, 1.807) is 18.3 Å². The van der Waals surface area contributed by atoms with Crippen LogP contribution in [0.25, 0.3) is 0 Å². The largest absolute Gasteiger partial charge is 0.375 e. The maximum atomic E-state index is 12.2. The molecule has 148 valence electrons. The van der Waals surface area contributed by atoms with Crippen molar-refractivity contribution in [3.8, 4) is 0 Å². The number of carbonyl (C=O) groups is 2. The number of urea groups is 1. The molecule has 3 amide bonds. The first-order chi connectivity index (χ1) is 13.1. The Morgan fingerprint density at radius 1 is 1.30 bits per heavy atom. The van der Waals surface area contributed by atoms with Crippen LogP contribution in [0.3, 0.4) is 0 Å². The third-order valence-corrected chi connectivity index (χ3v) is 5.53. The average molecular weight is 374 g/mol. The molecule has 1 unspecified atom stereocenters. The summed E-state index contributed by atoms with van der Waals surface area (Å²) in [4.78, 5) is 30.3. The van der Waals surface area contributed by atoms with Crippen molar-refractivity contribution in [2.45, 2.75) is 44.6 Å². The van der Waals surface area contributed by atoms with Gasteiger partial charge >= 0.3 is 6.03 Å². The number of hydrogen-bond acceptors (Lipinski definition) is 4. The number of aromatic nitrogens is 1. The van der Waals surface area contributed by atoms with E-state index in [9.17, 15) is 9.59 Å². The van der Waals surface area contributed by atoms with Crippen molar-refractivity contribution < 1.29 is 14.3 Å². The molecule has 3 rings (SSSR count). The minimum absolute atomic E-state index is 0.0293. The smallest absolute Gasteiger partial charge is 0.317 e. The Bertz CT molecular complexity index is 629. The molecule has 7 nitrogen and oxygen atoms in total. The number of amides is 3. The zero-order valence-electron chi connectivity index (χ0n) is 16.1. The first kappa shape index (κ1) is 19.6. The van der Waals surface area contributed by atoms with E-state index in [2.05, 4.69) is 15.6 Å². The molecule has 2 N–H and O–H groups in total. The molecule has 2 aliphatic rings. The van der Waals surface area contributed by atoms with Gasteiger partial charge in [0.25, 0.3) is 5.91 Å². The van der Waals surface area contributed by atoms with Gasteiger partial charge in [0.05, 0.1) is 5.60 Å². The van der Waals surface area contributed by atoms with Crippen LogP contribution < -0.4 is 10.6 Å². The third kappa shape index (κ3) is 5.19. The molecule has 3 heterocycles. The number of rotatable bonds is 5. The van der Waals surface area contributed by atoms with Crippen molar-refractivity contribution in [3.63, 3.8) is 0 Å². The van der Waals surface area contributed by atoms with Crippen molar-refractivity contribution in [1.29, 1.82) is 0 Å². The Balaban J connectivity index is 1.47. The fraction of sp³-hybridized carbons (Fsp3) is 0.650. The zero-order valence-corrected chi connectivity index (χ0v) is 16.1. The Hall–Kier alpha value is -2.15. The third-order valence-electron chi connectivity index (χ3n) is 5.53. The number of pyridine rings is 1. The van der Waals surface area contributed by atoms with Crippen LogP contribution in [-0.4, -0.2) is 60.2 Å². The molecule has 0 aromatic carbocycles. The number of hydrogen-bond donors (Lipinski definition) is 2. The molecular formula is C20H30N4O3. The molecule has 0 saturated carbocycles. The highest BCUT2D eigenvalue weighted by molar-refractivity contribution is 5.92. The van der Waals surface area contributed by atoms with Gasteiger partial charge in [0.2, 0.25) is 0 Å². The number of piperidine rings is 1. The van der Waals surface area contributed by atoms with Crippen LogP contribution in [0.2, 0.25) is 0 Å². The molecule has 0 radical (unpaired) electrons. The van der Waals surface area contributed by atoms with Gasteiger partial charge in [0.1, 0.15) is 5.69 Å². The van der Waals surface area contributed by atoms with Gasteiger partial charge in [0, 0.05) is 39.0 Å². The average Bonchev–Trinajstić information content (AvgIpc) is 2.71. The van der Waals surface area contributed by atoms with E-state index in [1.165, 1.54) is 0 Å². The number of likely N-dealkylation sites (tertiary alicyclic amines) is 1. The summed E-state index contributed by atoms with van der Waals surface area (Å²) in [5, 5.41) is 5.95. The SMILES string of the molecule is CCCNC(=O)N1CCC2(CC1)CC(CNC(=O)c1ccccn1)CCO2. The van der Waals surface area contributed by atoms with Crippen LogP contribution in [-0.2, 0) is 4.74 Å². The van der Waals surface area contributed by atoms with Crippen molar-refractivity contribution in [3.05, 3.63) is 30.1 Å². The molecule has 1 aromatic heterocycles. The molecule has 2 aliphatic heterocycles. The van der Waals surface area contributed by atoms with E-state index in [0.717, 1.165) is 51.7 Å². The molecule has 1 aromatic rings. The summed E-state index contributed by atoms with van der Waals surface area (Å²) < 4.78 is 6.15. The van der Waals surface area contributed by atoms with Crippen molar-refractivity contribution >= 4 is 11.9 Å². The minimum atomic E-state index is -0.153. The summed E-state index contributed by atoms with van der Waals surface area (Å²) in [6.45, 7) is 5.57. The lowest BCUT2D eigenvalue weighted by atomic mass is 9.79. The van der Waals surface area contributed by atoms with E-state index in [1.807, 2.05) is 17.9 Å². The molecule has 1 atom stereocenters. The molecule has 1 spiro atoms. The van der Waals surface area contributed by atoms with Gasteiger partial charge in [-0.25, -0.2) is 4.79 Å². The van der Waals surface area contributed by atoms with Gasteiger partial charge in [-0.2, -0.15) is 0 Å². The van der Waals surface area contributed by atoms with E-state index >= 15 is 0 Å². The van der Waals surface area contributed by atoms with Gasteiger partial charge in [-0.05, 0) is 50.2 Å². The maximum absolute atomic E-state index is 12.2. The first-order valence-corrected chi connectivity index (χ1v) is 9.98. The summed E-state index contributed by atoms with van der Waals surface area (Å²) in [6.07, 6.45) is 6.17. The molecule has 7 heteroatoms. The molecular weight excluding hydrogens is 344 g/mol. The van der Waals surface area contributed by atoms with Crippen LogP contribution in [0, 0.1) is 5.92 Å². The van der Waals surface area contributed by atoms with Crippen molar-refractivity contribution in [1.82, 2.24) is 20.5 Å². The second-order valence-electron chi connectivity index (χ2n) is 7.53. The van der Waals surface area contributed by atoms with Gasteiger partial charge in [-0.15, -0.1) is 0 Å². The summed E-state index contributed by atoms with van der Waals surface area (Å²) in [7, 11) is 0. The highest BCUT2D eigenvalue weighted by atomic mass is 16.5. The molecule has 0 aliphatic carbocycles. The van der Waals surface area contributed by atoms with E-state index < -0.39 is 0 Å². The fourth-order valence-corrected chi connectivity index (χ4v) is 3.94. The summed E-state index contributed by atoms with van der Waals surface area (Å²) in [6, 6.07) is 5.37. The maximum Gasteiger partial charge on any atom is 0.317 e. The fourth-order valence-electron chi connectivity index (χ4n) is 3.94. The lowest BCUT2D eigenvalue weighted by molar-refractivity contribution is -0.122. The molecule has 0 bridgehead atoms. The minimum Gasteiger partial charge on any atom is -0.375 e. The lowest BCUT2D eigenvalue weighted by Crippen LogP contribution is -2.53. The first-order valence-electron chi connectivity index (χ1n) is 9.98. The van der Waals surface area contributed by atoms with Gasteiger partial charge in [0.15, 0.2) is 0 Å². The topological polar surface area (TPSA) is 83.6 Å². The van der Waals surface area contributed by atoms with Crippen LogP contribution in [0.1, 0.15) is 49.5 Å². The van der Waals surface area contributed by atoms with Crippen LogP contribution in [0.4, 0.5) is 4.79 Å². The van der Waals surface area contributed by atoms with Gasteiger partial charge < -0.3 is 20.3 Å². The second-order valence-corrected chi connectivity index (χ2v) is 7.53.